The maximum absolute atomic E-state index is 11.7. The minimum absolute atomic E-state index is 0. The van der Waals surface area contributed by atoms with Crippen LogP contribution in [0.1, 0.15) is 56.4 Å². The molecule has 31 heavy (non-hydrogen) atoms. The fourth-order valence-corrected chi connectivity index (χ4v) is 4.10. The van der Waals surface area contributed by atoms with Crippen LogP contribution >= 0.6 is 24.0 Å². The van der Waals surface area contributed by atoms with Crippen LogP contribution in [0.5, 0.6) is 0 Å². The molecule has 0 bridgehead atoms. The number of rotatable bonds is 9. The topological polar surface area (TPSA) is 86.0 Å². The number of nitrogens with zero attached hydrogens (tertiary/aromatic N) is 4. The largest absolute Gasteiger partial charge is 0.444 e. The van der Waals surface area contributed by atoms with Gasteiger partial charge in [-0.25, -0.2) is 4.98 Å². The lowest BCUT2D eigenvalue weighted by molar-refractivity contribution is -0.127. The second-order valence-electron chi connectivity index (χ2n) is 8.45. The van der Waals surface area contributed by atoms with Gasteiger partial charge in [-0.2, -0.15) is 0 Å². The van der Waals surface area contributed by atoms with Gasteiger partial charge in [0.2, 0.25) is 11.8 Å². The fraction of sp³-hybridized carbons (Fsp3) is 0.773. The molecule has 0 spiro atoms. The molecule has 2 aliphatic heterocycles. The minimum atomic E-state index is 0. The summed E-state index contributed by atoms with van der Waals surface area (Å²) in [6.45, 7) is 13.3. The van der Waals surface area contributed by atoms with Crippen LogP contribution in [0.3, 0.4) is 0 Å². The van der Waals surface area contributed by atoms with Crippen molar-refractivity contribution in [2.75, 3.05) is 45.8 Å². The number of aromatic nitrogens is 1. The van der Waals surface area contributed by atoms with Gasteiger partial charge in [0.15, 0.2) is 5.96 Å². The molecule has 2 saturated heterocycles. The van der Waals surface area contributed by atoms with Gasteiger partial charge in [0.25, 0.3) is 0 Å². The number of halogens is 1. The number of aryl methyl sites for hydroxylation is 2. The molecular weight excluding hydrogens is 507 g/mol. The summed E-state index contributed by atoms with van der Waals surface area (Å²) in [5.41, 5.74) is 0.990. The van der Waals surface area contributed by atoms with E-state index in [1.165, 1.54) is 0 Å². The van der Waals surface area contributed by atoms with Crippen molar-refractivity contribution in [3.8, 4) is 0 Å². The molecule has 0 aromatic carbocycles. The van der Waals surface area contributed by atoms with Crippen molar-refractivity contribution in [3.05, 3.63) is 17.3 Å². The van der Waals surface area contributed by atoms with Crippen LogP contribution in [-0.2, 0) is 11.3 Å². The quantitative estimate of drug-likeness (QED) is 0.215. The number of guanidine groups is 1. The van der Waals surface area contributed by atoms with E-state index in [-0.39, 0.29) is 24.0 Å². The summed E-state index contributed by atoms with van der Waals surface area (Å²) in [7, 11) is 0. The van der Waals surface area contributed by atoms with Gasteiger partial charge in [0, 0.05) is 39.1 Å². The second-order valence-corrected chi connectivity index (χ2v) is 8.45. The molecule has 0 radical (unpaired) electrons. The van der Waals surface area contributed by atoms with E-state index in [2.05, 4.69) is 27.4 Å². The van der Waals surface area contributed by atoms with Gasteiger partial charge in [-0.15, -0.1) is 24.0 Å². The molecule has 3 heterocycles. The predicted octanol–water partition coefficient (Wildman–Crippen LogP) is 2.69. The zero-order chi connectivity index (χ0) is 21.3. The smallest absolute Gasteiger partial charge is 0.222 e. The van der Waals surface area contributed by atoms with Gasteiger partial charge in [0.05, 0.1) is 12.2 Å². The van der Waals surface area contributed by atoms with Gasteiger partial charge >= 0.3 is 0 Å². The van der Waals surface area contributed by atoms with E-state index in [1.54, 1.807) is 0 Å². The van der Waals surface area contributed by atoms with Gasteiger partial charge in [0.1, 0.15) is 5.76 Å². The fourth-order valence-electron chi connectivity index (χ4n) is 4.10. The average Bonchev–Trinajstić information content (AvgIpc) is 3.28. The van der Waals surface area contributed by atoms with Crippen LogP contribution in [0.2, 0.25) is 0 Å². The van der Waals surface area contributed by atoms with Crippen molar-refractivity contribution in [1.29, 1.82) is 0 Å². The number of hydrogen-bond acceptors (Lipinski definition) is 5. The van der Waals surface area contributed by atoms with E-state index in [4.69, 9.17) is 9.41 Å². The maximum atomic E-state index is 11.7. The summed E-state index contributed by atoms with van der Waals surface area (Å²) in [6.07, 6.45) is 4.98. The molecule has 0 aliphatic carbocycles. The number of piperidine rings is 1. The highest BCUT2D eigenvalue weighted by Crippen LogP contribution is 2.20. The predicted molar refractivity (Wildman–Crippen MR) is 134 cm³/mol. The molecule has 0 saturated carbocycles. The molecule has 176 valence electrons. The van der Waals surface area contributed by atoms with Crippen LogP contribution in [0.25, 0.3) is 0 Å². The van der Waals surface area contributed by atoms with Crippen molar-refractivity contribution in [3.63, 3.8) is 0 Å². The monoisotopic (exact) mass is 546 g/mol. The lowest BCUT2D eigenvalue weighted by Crippen LogP contribution is -2.40. The molecular formula is C22H39IN6O2. The van der Waals surface area contributed by atoms with Crippen molar-refractivity contribution >= 4 is 35.8 Å². The maximum Gasteiger partial charge on any atom is 0.222 e. The number of likely N-dealkylation sites (tertiary alicyclic amines) is 2. The van der Waals surface area contributed by atoms with Gasteiger partial charge in [-0.3, -0.25) is 14.7 Å². The highest BCUT2D eigenvalue weighted by molar-refractivity contribution is 14.0. The van der Waals surface area contributed by atoms with Crippen molar-refractivity contribution in [2.45, 2.75) is 59.4 Å². The highest BCUT2D eigenvalue weighted by Gasteiger charge is 2.21. The molecule has 8 nitrogen and oxygen atoms in total. The standard InChI is InChI=1S/C22H38N6O2.HI/c1-4-23-22(24-10-6-12-28-11-5-7-21(28)29)25-15-19-8-13-27(14-9-19)16-20-26-17(2)18(3)30-20;/h19H,4-16H2,1-3H3,(H2,23,24,25);1H. The van der Waals surface area contributed by atoms with Crippen LogP contribution in [-0.4, -0.2) is 72.5 Å². The average molecular weight is 546 g/mol. The van der Waals surface area contributed by atoms with Gasteiger partial charge < -0.3 is 20.0 Å². The summed E-state index contributed by atoms with van der Waals surface area (Å²) < 4.78 is 5.72. The van der Waals surface area contributed by atoms with Crippen LogP contribution in [0.4, 0.5) is 0 Å². The van der Waals surface area contributed by atoms with E-state index in [9.17, 15) is 4.79 Å². The summed E-state index contributed by atoms with van der Waals surface area (Å²) in [5, 5.41) is 6.75. The molecule has 1 amide bonds. The van der Waals surface area contributed by atoms with E-state index in [0.29, 0.717) is 18.2 Å². The third-order valence-corrected chi connectivity index (χ3v) is 6.06. The summed E-state index contributed by atoms with van der Waals surface area (Å²) in [4.78, 5) is 25.4. The number of nitrogens with one attached hydrogen (secondary N) is 2. The summed E-state index contributed by atoms with van der Waals surface area (Å²) in [6, 6.07) is 0. The molecule has 2 aliphatic rings. The summed E-state index contributed by atoms with van der Waals surface area (Å²) in [5.74, 6) is 3.56. The summed E-state index contributed by atoms with van der Waals surface area (Å²) >= 11 is 0. The Morgan fingerprint density at radius 3 is 2.61 bits per heavy atom. The molecule has 2 N–H and O–H groups in total. The van der Waals surface area contributed by atoms with E-state index in [0.717, 1.165) is 101 Å². The number of hydrogen-bond donors (Lipinski definition) is 2. The Hall–Kier alpha value is -1.36. The van der Waals surface area contributed by atoms with E-state index < -0.39 is 0 Å². The normalized spacial score (nSPS) is 18.4. The minimum Gasteiger partial charge on any atom is -0.444 e. The molecule has 2 fully saturated rings. The number of oxazole rings is 1. The van der Waals surface area contributed by atoms with Crippen molar-refractivity contribution in [1.82, 2.24) is 25.4 Å². The molecule has 1 aromatic heterocycles. The second kappa shape index (κ2) is 13.2. The first-order valence-electron chi connectivity index (χ1n) is 11.5. The van der Waals surface area contributed by atoms with E-state index in [1.807, 2.05) is 18.7 Å². The van der Waals surface area contributed by atoms with E-state index >= 15 is 0 Å². The first-order chi connectivity index (χ1) is 14.5. The highest BCUT2D eigenvalue weighted by atomic mass is 127. The molecule has 0 unspecified atom stereocenters. The van der Waals surface area contributed by atoms with Crippen LogP contribution in [0.15, 0.2) is 9.41 Å². The molecule has 0 atom stereocenters. The first-order valence-corrected chi connectivity index (χ1v) is 11.5. The Kier molecular flexibility index (Phi) is 11.1. The lowest BCUT2D eigenvalue weighted by atomic mass is 9.97. The van der Waals surface area contributed by atoms with Crippen molar-refractivity contribution < 1.29 is 9.21 Å². The number of carbonyl (C=O) groups excluding carboxylic acids is 1. The Morgan fingerprint density at radius 1 is 1.23 bits per heavy atom. The van der Waals surface area contributed by atoms with Crippen LogP contribution in [0, 0.1) is 19.8 Å². The first kappa shape index (κ1) is 25.9. The zero-order valence-electron chi connectivity index (χ0n) is 19.3. The third kappa shape index (κ3) is 8.25. The Balaban J connectivity index is 0.00000341. The Bertz CT molecular complexity index is 695. The Labute approximate surface area is 203 Å². The van der Waals surface area contributed by atoms with Gasteiger partial charge in [-0.05, 0) is 65.5 Å². The van der Waals surface area contributed by atoms with Crippen molar-refractivity contribution in [2.24, 2.45) is 10.9 Å². The number of carbonyl (C=O) groups is 1. The SMILES string of the molecule is CCNC(=NCC1CCN(Cc2nc(C)c(C)o2)CC1)NCCCN1CCCC1=O.I. The van der Waals surface area contributed by atoms with Gasteiger partial charge in [-0.1, -0.05) is 0 Å². The third-order valence-electron chi connectivity index (χ3n) is 6.06. The lowest BCUT2D eigenvalue weighted by Gasteiger charge is -2.30. The molecule has 3 rings (SSSR count). The number of amides is 1. The number of aliphatic imine (C=N–C) groups is 1. The van der Waals surface area contributed by atoms with Crippen LogP contribution < -0.4 is 10.6 Å². The molecule has 9 heteroatoms. The zero-order valence-corrected chi connectivity index (χ0v) is 21.6. The molecule has 1 aromatic rings. The Morgan fingerprint density at radius 2 is 2.00 bits per heavy atom.